The molecule has 2 aromatic heterocycles. The highest BCUT2D eigenvalue weighted by Crippen LogP contribution is 2.32. The first-order valence-corrected chi connectivity index (χ1v) is 10.2. The van der Waals surface area contributed by atoms with Crippen LogP contribution in [0.5, 0.6) is 6.01 Å². The smallest absolute Gasteiger partial charge is 0.416 e. The van der Waals surface area contributed by atoms with E-state index in [-0.39, 0.29) is 23.8 Å². The standard InChI is InChI=1S/C22H23F3N6O2/c1-31-19-17(10-16(20(31)32)13-3-5-27-6-4-13)18(29-21(30-19)33-2)28-11-12-7-14(22(23,24)25)9-15(26)8-12/h3,7-10,27H,4-6,11,26H2,1-2H3,(H,28,29,30). The Morgan fingerprint density at radius 2 is 2.03 bits per heavy atom. The van der Waals surface area contributed by atoms with Crippen LogP contribution in [0.25, 0.3) is 16.6 Å². The Morgan fingerprint density at radius 3 is 2.70 bits per heavy atom. The predicted molar refractivity (Wildman–Crippen MR) is 120 cm³/mol. The van der Waals surface area contributed by atoms with Crippen LogP contribution in [0, 0.1) is 0 Å². The molecule has 0 saturated carbocycles. The van der Waals surface area contributed by atoms with Gasteiger partial charge in [0.1, 0.15) is 5.82 Å². The normalized spacial score (nSPS) is 14.3. The Hall–Kier alpha value is -3.60. The van der Waals surface area contributed by atoms with Gasteiger partial charge in [-0.1, -0.05) is 6.08 Å². The number of hydrogen-bond acceptors (Lipinski definition) is 7. The monoisotopic (exact) mass is 460 g/mol. The zero-order valence-corrected chi connectivity index (χ0v) is 18.1. The number of rotatable bonds is 5. The molecule has 8 nitrogen and oxygen atoms in total. The van der Waals surface area contributed by atoms with Crippen LogP contribution in [0.3, 0.4) is 0 Å². The first kappa shape index (κ1) is 22.6. The molecular formula is C22H23F3N6O2. The first-order chi connectivity index (χ1) is 15.7. The van der Waals surface area contributed by atoms with Crippen LogP contribution in [0.15, 0.2) is 35.1 Å². The van der Waals surface area contributed by atoms with E-state index in [0.717, 1.165) is 24.3 Å². The zero-order chi connectivity index (χ0) is 23.8. The van der Waals surface area contributed by atoms with Crippen molar-refractivity contribution in [2.24, 2.45) is 7.05 Å². The summed E-state index contributed by atoms with van der Waals surface area (Å²) in [5.41, 5.74) is 6.79. The molecule has 0 atom stereocenters. The minimum Gasteiger partial charge on any atom is -0.467 e. The van der Waals surface area contributed by atoms with Crippen molar-refractivity contribution >= 4 is 28.1 Å². The molecule has 1 aromatic carbocycles. The molecule has 0 bridgehead atoms. The summed E-state index contributed by atoms with van der Waals surface area (Å²) in [5.74, 6) is 0.333. The maximum absolute atomic E-state index is 13.2. The van der Waals surface area contributed by atoms with Crippen LogP contribution >= 0.6 is 0 Å². The SMILES string of the molecule is COc1nc(NCc2cc(N)cc(C(F)(F)F)c2)c2cc(C3=CCNCC3)c(=O)n(C)c2n1. The first-order valence-electron chi connectivity index (χ1n) is 10.2. The Kier molecular flexibility index (Phi) is 5.98. The summed E-state index contributed by atoms with van der Waals surface area (Å²) in [7, 11) is 3.00. The van der Waals surface area contributed by atoms with E-state index in [4.69, 9.17) is 10.5 Å². The van der Waals surface area contributed by atoms with Crippen molar-refractivity contribution in [3.8, 4) is 6.01 Å². The lowest BCUT2D eigenvalue weighted by Gasteiger charge is -2.17. The number of benzene rings is 1. The number of fused-ring (bicyclic) bond motifs is 1. The Bertz CT molecular complexity index is 1300. The van der Waals surface area contributed by atoms with Gasteiger partial charge >= 0.3 is 12.2 Å². The van der Waals surface area contributed by atoms with E-state index in [1.54, 1.807) is 13.1 Å². The summed E-state index contributed by atoms with van der Waals surface area (Å²) < 4.78 is 46.1. The molecule has 1 aliphatic rings. The van der Waals surface area contributed by atoms with Gasteiger partial charge < -0.3 is 21.1 Å². The molecule has 3 aromatic rings. The van der Waals surface area contributed by atoms with Crippen molar-refractivity contribution in [1.82, 2.24) is 19.9 Å². The molecule has 4 rings (SSSR count). The van der Waals surface area contributed by atoms with Crippen LogP contribution in [0.1, 0.15) is 23.1 Å². The lowest BCUT2D eigenvalue weighted by atomic mass is 10.0. The van der Waals surface area contributed by atoms with Gasteiger partial charge in [0.25, 0.3) is 5.56 Å². The molecular weight excluding hydrogens is 437 g/mol. The maximum atomic E-state index is 13.2. The Morgan fingerprint density at radius 1 is 1.24 bits per heavy atom. The van der Waals surface area contributed by atoms with Crippen LogP contribution in [0.2, 0.25) is 0 Å². The van der Waals surface area contributed by atoms with E-state index in [9.17, 15) is 18.0 Å². The molecule has 0 unspecified atom stereocenters. The molecule has 0 saturated heterocycles. The fraction of sp³-hybridized carbons (Fsp3) is 0.318. The zero-order valence-electron chi connectivity index (χ0n) is 18.1. The van der Waals surface area contributed by atoms with Gasteiger partial charge in [-0.25, -0.2) is 0 Å². The molecule has 0 amide bonds. The number of nitrogens with two attached hydrogens (primary N) is 1. The highest BCUT2D eigenvalue weighted by Gasteiger charge is 2.31. The quantitative estimate of drug-likeness (QED) is 0.503. The lowest BCUT2D eigenvalue weighted by molar-refractivity contribution is -0.137. The summed E-state index contributed by atoms with van der Waals surface area (Å²) in [6, 6.07) is 5.13. The number of aromatic nitrogens is 3. The van der Waals surface area contributed by atoms with Gasteiger partial charge in [0.05, 0.1) is 18.1 Å². The fourth-order valence-corrected chi connectivity index (χ4v) is 3.80. The van der Waals surface area contributed by atoms with E-state index in [1.807, 2.05) is 6.08 Å². The van der Waals surface area contributed by atoms with Crippen molar-refractivity contribution in [2.45, 2.75) is 19.1 Å². The van der Waals surface area contributed by atoms with Gasteiger partial charge in [-0.2, -0.15) is 23.1 Å². The Balaban J connectivity index is 1.78. The topological polar surface area (TPSA) is 107 Å². The minimum atomic E-state index is -4.51. The van der Waals surface area contributed by atoms with Gasteiger partial charge in [-0.3, -0.25) is 9.36 Å². The van der Waals surface area contributed by atoms with Gasteiger partial charge in [0.15, 0.2) is 5.65 Å². The van der Waals surface area contributed by atoms with Gasteiger partial charge in [-0.15, -0.1) is 0 Å². The summed E-state index contributed by atoms with van der Waals surface area (Å²) in [6.45, 7) is 1.44. The van der Waals surface area contributed by atoms with Crippen molar-refractivity contribution in [2.75, 3.05) is 31.2 Å². The number of nitrogen functional groups attached to an aromatic ring is 1. The van der Waals surface area contributed by atoms with E-state index in [2.05, 4.69) is 20.6 Å². The predicted octanol–water partition coefficient (Wildman–Crippen LogP) is 2.93. The minimum absolute atomic E-state index is 0.00859. The number of hydrogen-bond donors (Lipinski definition) is 3. The number of pyridine rings is 1. The maximum Gasteiger partial charge on any atom is 0.416 e. The van der Waals surface area contributed by atoms with Gasteiger partial charge in [0, 0.05) is 31.4 Å². The average molecular weight is 460 g/mol. The third-order valence-electron chi connectivity index (χ3n) is 5.44. The number of halogens is 3. The summed E-state index contributed by atoms with van der Waals surface area (Å²) >= 11 is 0. The van der Waals surface area contributed by atoms with Gasteiger partial charge in [-0.05, 0) is 48.4 Å². The molecule has 3 heterocycles. The third-order valence-corrected chi connectivity index (χ3v) is 5.44. The van der Waals surface area contributed by atoms with Crippen LogP contribution in [0.4, 0.5) is 24.7 Å². The summed E-state index contributed by atoms with van der Waals surface area (Å²) in [4.78, 5) is 21.6. The number of alkyl halides is 3. The molecule has 0 spiro atoms. The summed E-state index contributed by atoms with van der Waals surface area (Å²) in [5, 5.41) is 6.82. The fourth-order valence-electron chi connectivity index (χ4n) is 3.80. The number of ether oxygens (including phenoxy) is 1. The molecule has 0 fully saturated rings. The van der Waals surface area contributed by atoms with E-state index >= 15 is 0 Å². The summed E-state index contributed by atoms with van der Waals surface area (Å²) in [6.07, 6.45) is -1.84. The number of methoxy groups -OCH3 is 1. The number of nitrogens with zero attached hydrogens (tertiary/aromatic N) is 3. The Labute approximate surface area is 187 Å². The van der Waals surface area contributed by atoms with Gasteiger partial charge in [0.2, 0.25) is 0 Å². The molecule has 0 aliphatic carbocycles. The highest BCUT2D eigenvalue weighted by atomic mass is 19.4. The van der Waals surface area contributed by atoms with Crippen molar-refractivity contribution in [1.29, 1.82) is 0 Å². The van der Waals surface area contributed by atoms with Crippen molar-refractivity contribution in [3.63, 3.8) is 0 Å². The van der Waals surface area contributed by atoms with Crippen molar-refractivity contribution < 1.29 is 17.9 Å². The number of anilines is 2. The molecule has 11 heteroatoms. The molecule has 1 aliphatic heterocycles. The molecule has 33 heavy (non-hydrogen) atoms. The number of nitrogens with one attached hydrogen (secondary N) is 2. The largest absolute Gasteiger partial charge is 0.467 e. The van der Waals surface area contributed by atoms with Crippen LogP contribution < -0.4 is 26.7 Å². The second kappa shape index (κ2) is 8.74. The van der Waals surface area contributed by atoms with E-state index < -0.39 is 11.7 Å². The molecule has 0 radical (unpaired) electrons. The van der Waals surface area contributed by atoms with E-state index in [0.29, 0.717) is 40.9 Å². The molecule has 4 N–H and O–H groups in total. The number of aryl methyl sites for hydroxylation is 1. The molecule has 174 valence electrons. The highest BCUT2D eigenvalue weighted by molar-refractivity contribution is 5.90. The third kappa shape index (κ3) is 4.63. The second-order valence-electron chi connectivity index (χ2n) is 7.72. The second-order valence-corrected chi connectivity index (χ2v) is 7.72. The van der Waals surface area contributed by atoms with E-state index in [1.165, 1.54) is 17.7 Å². The van der Waals surface area contributed by atoms with Crippen LogP contribution in [-0.2, 0) is 19.8 Å². The average Bonchev–Trinajstić information content (AvgIpc) is 2.79. The van der Waals surface area contributed by atoms with Crippen LogP contribution in [-0.4, -0.2) is 34.7 Å². The van der Waals surface area contributed by atoms with Crippen molar-refractivity contribution in [3.05, 3.63) is 57.4 Å². The lowest BCUT2D eigenvalue weighted by Crippen LogP contribution is -2.26.